The van der Waals surface area contributed by atoms with Crippen molar-refractivity contribution in [1.82, 2.24) is 0 Å². The number of hydrogen-bond donors (Lipinski definition) is 0. The molecular formula is C13H22OS. The van der Waals surface area contributed by atoms with Crippen molar-refractivity contribution in [2.24, 2.45) is 16.7 Å². The van der Waals surface area contributed by atoms with Gasteiger partial charge in [-0.2, -0.15) is 11.8 Å². The molecule has 1 aliphatic heterocycles. The zero-order valence-electron chi connectivity index (χ0n) is 10.7. The van der Waals surface area contributed by atoms with Crippen molar-refractivity contribution >= 4 is 17.5 Å². The average molecular weight is 226 g/mol. The Labute approximate surface area is 97.4 Å². The first-order chi connectivity index (χ1) is 6.59. The van der Waals surface area contributed by atoms with Crippen LogP contribution in [0.15, 0.2) is 0 Å². The summed E-state index contributed by atoms with van der Waals surface area (Å²) in [6, 6.07) is 0. The van der Waals surface area contributed by atoms with E-state index in [1.807, 2.05) is 11.8 Å². The third kappa shape index (κ3) is 1.33. The van der Waals surface area contributed by atoms with E-state index < -0.39 is 0 Å². The summed E-state index contributed by atoms with van der Waals surface area (Å²) >= 11 is 2.03. The van der Waals surface area contributed by atoms with E-state index in [0.29, 0.717) is 17.0 Å². The third-order valence-electron chi connectivity index (χ3n) is 4.85. The fourth-order valence-corrected chi connectivity index (χ4v) is 5.31. The summed E-state index contributed by atoms with van der Waals surface area (Å²) in [6.07, 6.45) is 0.748. The maximum Gasteiger partial charge on any atom is 0.139 e. The lowest BCUT2D eigenvalue weighted by Gasteiger charge is -2.67. The minimum Gasteiger partial charge on any atom is -0.299 e. The summed E-state index contributed by atoms with van der Waals surface area (Å²) in [7, 11) is 0. The van der Waals surface area contributed by atoms with Gasteiger partial charge >= 0.3 is 0 Å². The van der Waals surface area contributed by atoms with Gasteiger partial charge in [-0.3, -0.25) is 4.79 Å². The maximum absolute atomic E-state index is 12.2. The molecule has 86 valence electrons. The maximum atomic E-state index is 12.2. The van der Waals surface area contributed by atoms with E-state index >= 15 is 0 Å². The smallest absolute Gasteiger partial charge is 0.139 e. The summed E-state index contributed by atoms with van der Waals surface area (Å²) in [4.78, 5) is 12.2. The minimum atomic E-state index is 0.145. The molecule has 1 heterocycles. The van der Waals surface area contributed by atoms with E-state index in [-0.39, 0.29) is 15.6 Å². The molecule has 2 fully saturated rings. The Bertz CT molecular complexity index is 314. The number of ketones is 1. The Kier molecular flexibility index (Phi) is 2.16. The second kappa shape index (κ2) is 2.82. The Balaban J connectivity index is 2.32. The number of hydrogen-bond acceptors (Lipinski definition) is 2. The van der Waals surface area contributed by atoms with Crippen LogP contribution in [0.4, 0.5) is 0 Å². The highest BCUT2D eigenvalue weighted by atomic mass is 32.2. The molecule has 0 bridgehead atoms. The fourth-order valence-electron chi connectivity index (χ4n) is 3.17. The van der Waals surface area contributed by atoms with Gasteiger partial charge in [-0.15, -0.1) is 0 Å². The van der Waals surface area contributed by atoms with Crippen molar-refractivity contribution in [1.29, 1.82) is 0 Å². The predicted octanol–water partition coefficient (Wildman–Crippen LogP) is 3.52. The highest BCUT2D eigenvalue weighted by Crippen LogP contribution is 2.68. The number of fused-ring (bicyclic) bond motifs is 1. The number of Topliss-reactive ketones (excluding diaryl/α,β-unsaturated/α-hetero) is 1. The van der Waals surface area contributed by atoms with Crippen molar-refractivity contribution < 1.29 is 4.79 Å². The van der Waals surface area contributed by atoms with E-state index in [4.69, 9.17) is 0 Å². The van der Waals surface area contributed by atoms with Gasteiger partial charge in [-0.1, -0.05) is 41.5 Å². The van der Waals surface area contributed by atoms with Crippen molar-refractivity contribution in [2.45, 2.75) is 58.0 Å². The number of rotatable bonds is 0. The summed E-state index contributed by atoms with van der Waals surface area (Å²) in [5, 5.41) is 0.531. The molecule has 1 aliphatic carbocycles. The Morgan fingerprint density at radius 1 is 1.07 bits per heavy atom. The molecule has 0 N–H and O–H groups in total. The van der Waals surface area contributed by atoms with Crippen LogP contribution in [0.5, 0.6) is 0 Å². The van der Waals surface area contributed by atoms with E-state index in [1.165, 1.54) is 0 Å². The normalized spacial score (nSPS) is 40.5. The van der Waals surface area contributed by atoms with E-state index in [2.05, 4.69) is 41.5 Å². The molecule has 2 atom stereocenters. The van der Waals surface area contributed by atoms with Gasteiger partial charge in [0.05, 0.1) is 0 Å². The molecule has 1 saturated heterocycles. The van der Waals surface area contributed by atoms with Crippen molar-refractivity contribution in [3.05, 3.63) is 0 Å². The average Bonchev–Trinajstić information content (AvgIpc) is 1.99. The zero-order valence-corrected chi connectivity index (χ0v) is 11.5. The van der Waals surface area contributed by atoms with Crippen LogP contribution < -0.4 is 0 Å². The Hall–Kier alpha value is 0.0200. The van der Waals surface area contributed by atoms with Crippen LogP contribution >= 0.6 is 11.8 Å². The van der Waals surface area contributed by atoms with E-state index in [1.54, 1.807) is 0 Å². The lowest BCUT2D eigenvalue weighted by Crippen LogP contribution is -2.67. The van der Waals surface area contributed by atoms with Crippen LogP contribution in [0.2, 0.25) is 0 Å². The van der Waals surface area contributed by atoms with Crippen LogP contribution in [-0.4, -0.2) is 15.8 Å². The van der Waals surface area contributed by atoms with Crippen LogP contribution in [0.25, 0.3) is 0 Å². The molecule has 0 unspecified atom stereocenters. The molecule has 0 aromatic carbocycles. The fraction of sp³-hybridized carbons (Fsp3) is 0.923. The molecule has 0 amide bonds. The van der Waals surface area contributed by atoms with Gasteiger partial charge in [0.25, 0.3) is 0 Å². The minimum absolute atomic E-state index is 0.145. The van der Waals surface area contributed by atoms with Gasteiger partial charge in [0.2, 0.25) is 0 Å². The summed E-state index contributed by atoms with van der Waals surface area (Å²) in [6.45, 7) is 13.5. The van der Waals surface area contributed by atoms with Crippen LogP contribution in [0.3, 0.4) is 0 Å². The SMILES string of the molecule is CC1(C)CC(=O)[C@H]2[C@@H](S1)C(C)(C)C2(C)C. The quantitative estimate of drug-likeness (QED) is 0.628. The standard InChI is InChI=1S/C13H22OS/c1-11(2)7-8(14)9-10(15-11)13(5,6)12(9,3)4/h9-10H,7H2,1-6H3/t9-,10+/m0/s1. The van der Waals surface area contributed by atoms with Gasteiger partial charge in [0.1, 0.15) is 5.78 Å². The summed E-state index contributed by atoms with van der Waals surface area (Å²) in [5.41, 5.74) is 0.466. The second-order valence-corrected chi connectivity index (χ2v) is 8.71. The molecule has 0 aromatic rings. The van der Waals surface area contributed by atoms with Crippen LogP contribution in [-0.2, 0) is 4.79 Å². The van der Waals surface area contributed by atoms with Crippen LogP contribution in [0.1, 0.15) is 48.0 Å². The first-order valence-electron chi connectivity index (χ1n) is 5.80. The third-order valence-corrected chi connectivity index (χ3v) is 6.74. The number of carbonyl (C=O) groups is 1. The van der Waals surface area contributed by atoms with Gasteiger partial charge in [0.15, 0.2) is 0 Å². The molecule has 15 heavy (non-hydrogen) atoms. The summed E-state index contributed by atoms with van der Waals surface area (Å²) in [5.74, 6) is 0.790. The van der Waals surface area contributed by atoms with Crippen molar-refractivity contribution in [3.8, 4) is 0 Å². The first-order valence-corrected chi connectivity index (χ1v) is 6.68. The molecule has 2 rings (SSSR count). The predicted molar refractivity (Wildman–Crippen MR) is 66.1 cm³/mol. The second-order valence-electron chi connectivity index (χ2n) is 6.86. The summed E-state index contributed by atoms with van der Waals surface area (Å²) < 4.78 is 0.145. The van der Waals surface area contributed by atoms with Crippen molar-refractivity contribution in [2.75, 3.05) is 0 Å². The molecule has 1 saturated carbocycles. The first kappa shape index (κ1) is 11.5. The monoisotopic (exact) mass is 226 g/mol. The molecule has 2 aliphatic rings. The molecule has 1 nitrogen and oxygen atoms in total. The Morgan fingerprint density at radius 3 is 2.13 bits per heavy atom. The highest BCUT2D eigenvalue weighted by molar-refractivity contribution is 8.01. The topological polar surface area (TPSA) is 17.1 Å². The van der Waals surface area contributed by atoms with Gasteiger partial charge in [-0.05, 0) is 10.8 Å². The van der Waals surface area contributed by atoms with Gasteiger partial charge in [0, 0.05) is 22.3 Å². The number of carbonyl (C=O) groups excluding carboxylic acids is 1. The van der Waals surface area contributed by atoms with E-state index in [9.17, 15) is 4.79 Å². The molecule has 0 aromatic heterocycles. The van der Waals surface area contributed by atoms with Gasteiger partial charge < -0.3 is 0 Å². The lowest BCUT2D eigenvalue weighted by molar-refractivity contribution is -0.149. The van der Waals surface area contributed by atoms with Gasteiger partial charge in [-0.25, -0.2) is 0 Å². The molecule has 0 spiro atoms. The molecule has 2 heteroatoms. The zero-order chi connectivity index (χ0) is 11.6. The van der Waals surface area contributed by atoms with Crippen molar-refractivity contribution in [3.63, 3.8) is 0 Å². The highest BCUT2D eigenvalue weighted by Gasteiger charge is 2.67. The van der Waals surface area contributed by atoms with E-state index in [0.717, 1.165) is 6.42 Å². The Morgan fingerprint density at radius 2 is 1.60 bits per heavy atom. The number of thioether (sulfide) groups is 1. The molecule has 0 radical (unpaired) electrons. The lowest BCUT2D eigenvalue weighted by atomic mass is 9.45. The largest absolute Gasteiger partial charge is 0.299 e. The van der Waals surface area contributed by atoms with Crippen LogP contribution in [0, 0.1) is 16.7 Å². The molecular weight excluding hydrogens is 204 g/mol.